The quantitative estimate of drug-likeness (QED) is 0.737. The Hall–Kier alpha value is -0.610. The molecule has 1 rings (SSSR count). The molecule has 0 aromatic heterocycles. The van der Waals surface area contributed by atoms with E-state index in [2.05, 4.69) is 24.5 Å². The van der Waals surface area contributed by atoms with Crippen LogP contribution < -0.4 is 4.72 Å². The van der Waals surface area contributed by atoms with Crippen LogP contribution in [0.2, 0.25) is 0 Å². The first-order valence-corrected chi connectivity index (χ1v) is 5.48. The van der Waals surface area contributed by atoms with Gasteiger partial charge in [-0.2, -0.15) is 0 Å². The van der Waals surface area contributed by atoms with Gasteiger partial charge in [0.25, 0.3) is 0 Å². The molecule has 0 aliphatic carbocycles. The van der Waals surface area contributed by atoms with Crippen molar-refractivity contribution in [2.24, 2.45) is 0 Å². The van der Waals surface area contributed by atoms with E-state index in [4.69, 9.17) is 0 Å². The Balaban J connectivity index is 2.85. The molecule has 0 fully saturated rings. The molecule has 0 bridgehead atoms. The van der Waals surface area contributed by atoms with Gasteiger partial charge in [-0.05, 0) is 24.6 Å². The van der Waals surface area contributed by atoms with Crippen LogP contribution in [0.25, 0.3) is 0 Å². The molecule has 1 N–H and O–H groups in total. The minimum atomic E-state index is -0.420. The number of hydrogen-bond acceptors (Lipinski definition) is 2. The average Bonchev–Trinajstić information content (AvgIpc) is 2.24. The maximum atomic E-state index is 13.4. The molecule has 1 aromatic carbocycles. The second-order valence-corrected chi connectivity index (χ2v) is 3.75. The molecule has 15 heavy (non-hydrogen) atoms. The fourth-order valence-corrected chi connectivity index (χ4v) is 1.75. The second kappa shape index (κ2) is 6.08. The summed E-state index contributed by atoms with van der Waals surface area (Å²) in [6.07, 6.45) is 2.72. The van der Waals surface area contributed by atoms with Crippen molar-refractivity contribution >= 4 is 12.8 Å². The summed E-state index contributed by atoms with van der Waals surface area (Å²) in [6.45, 7) is 2.05. The van der Waals surface area contributed by atoms with E-state index in [1.165, 1.54) is 6.07 Å². The molecule has 1 aromatic rings. The summed E-state index contributed by atoms with van der Waals surface area (Å²) in [6, 6.07) is 3.26. The molecule has 0 radical (unpaired) electrons. The first-order valence-electron chi connectivity index (χ1n) is 5.03. The first kappa shape index (κ1) is 12.5. The van der Waals surface area contributed by atoms with Crippen molar-refractivity contribution in [1.29, 1.82) is 0 Å². The van der Waals surface area contributed by atoms with E-state index in [1.807, 2.05) is 0 Å². The Labute approximate surface area is 94.4 Å². The van der Waals surface area contributed by atoms with Crippen LogP contribution >= 0.6 is 12.8 Å². The molecule has 0 spiro atoms. The third-order valence-electron chi connectivity index (χ3n) is 2.34. The zero-order valence-corrected chi connectivity index (χ0v) is 9.53. The van der Waals surface area contributed by atoms with Crippen LogP contribution in [0.3, 0.4) is 0 Å². The van der Waals surface area contributed by atoms with Crippen LogP contribution in [-0.2, 0) is 0 Å². The maximum Gasteiger partial charge on any atom is 0.128 e. The van der Waals surface area contributed by atoms with Gasteiger partial charge in [0.2, 0.25) is 0 Å². The molecule has 84 valence electrons. The third kappa shape index (κ3) is 3.47. The largest absolute Gasteiger partial charge is 0.259 e. The van der Waals surface area contributed by atoms with E-state index in [0.29, 0.717) is 5.56 Å². The molecule has 4 heteroatoms. The van der Waals surface area contributed by atoms with Gasteiger partial charge >= 0.3 is 0 Å². The number of thiol groups is 1. The van der Waals surface area contributed by atoms with Gasteiger partial charge in [0.1, 0.15) is 11.6 Å². The van der Waals surface area contributed by atoms with Crippen molar-refractivity contribution in [3.8, 4) is 0 Å². The monoisotopic (exact) mass is 231 g/mol. The molecule has 0 aliphatic rings. The first-order chi connectivity index (χ1) is 7.19. The number of hydrogen-bond donors (Lipinski definition) is 2. The van der Waals surface area contributed by atoms with E-state index < -0.39 is 5.82 Å². The molecular formula is C11H15F2NS. The van der Waals surface area contributed by atoms with Gasteiger partial charge in [0, 0.05) is 11.6 Å². The topological polar surface area (TPSA) is 12.0 Å². The minimum absolute atomic E-state index is 0.232. The Bertz CT molecular complexity index is 317. The van der Waals surface area contributed by atoms with E-state index >= 15 is 0 Å². The lowest BCUT2D eigenvalue weighted by molar-refractivity contribution is 0.520. The summed E-state index contributed by atoms with van der Waals surface area (Å²) < 4.78 is 29.0. The van der Waals surface area contributed by atoms with Gasteiger partial charge in [-0.15, -0.1) is 0 Å². The molecule has 0 heterocycles. The normalized spacial score (nSPS) is 12.8. The zero-order chi connectivity index (χ0) is 11.3. The predicted octanol–water partition coefficient (Wildman–Crippen LogP) is 3.63. The number of unbranched alkanes of at least 4 members (excludes halogenated alkanes) is 1. The fourth-order valence-electron chi connectivity index (χ4n) is 1.48. The summed E-state index contributed by atoms with van der Waals surface area (Å²) in [5.74, 6) is -0.810. The zero-order valence-electron chi connectivity index (χ0n) is 8.63. The Morgan fingerprint density at radius 2 is 2.13 bits per heavy atom. The molecule has 0 amide bonds. The second-order valence-electron chi connectivity index (χ2n) is 3.49. The number of halogens is 2. The van der Waals surface area contributed by atoms with Crippen LogP contribution in [0.4, 0.5) is 8.78 Å². The van der Waals surface area contributed by atoms with Crippen LogP contribution in [0.5, 0.6) is 0 Å². The van der Waals surface area contributed by atoms with Crippen molar-refractivity contribution in [2.75, 3.05) is 0 Å². The maximum absolute atomic E-state index is 13.4. The van der Waals surface area contributed by atoms with Crippen molar-refractivity contribution in [3.05, 3.63) is 35.4 Å². The van der Waals surface area contributed by atoms with Gasteiger partial charge in [0.05, 0.1) is 0 Å². The average molecular weight is 231 g/mol. The smallest absolute Gasteiger partial charge is 0.128 e. The number of benzene rings is 1. The van der Waals surface area contributed by atoms with Crippen LogP contribution in [-0.4, -0.2) is 0 Å². The molecule has 1 unspecified atom stereocenters. The van der Waals surface area contributed by atoms with Crippen molar-refractivity contribution in [1.82, 2.24) is 4.72 Å². The Kier molecular flexibility index (Phi) is 5.05. The number of rotatable bonds is 5. The lowest BCUT2D eigenvalue weighted by Crippen LogP contribution is -2.13. The highest BCUT2D eigenvalue weighted by Crippen LogP contribution is 2.23. The summed E-state index contributed by atoms with van der Waals surface area (Å²) in [7, 11) is 0. The SMILES string of the molecule is CCCCC(NS)c1cc(F)ccc1F. The predicted molar refractivity (Wildman–Crippen MR) is 60.7 cm³/mol. The van der Waals surface area contributed by atoms with Gasteiger partial charge in [0.15, 0.2) is 0 Å². The molecule has 1 atom stereocenters. The lowest BCUT2D eigenvalue weighted by Gasteiger charge is -2.16. The third-order valence-corrected chi connectivity index (χ3v) is 2.65. The van der Waals surface area contributed by atoms with Crippen molar-refractivity contribution in [2.45, 2.75) is 32.2 Å². The summed E-state index contributed by atoms with van der Waals surface area (Å²) in [5, 5.41) is 0. The van der Waals surface area contributed by atoms with Gasteiger partial charge in [-0.25, -0.2) is 8.78 Å². The van der Waals surface area contributed by atoms with Gasteiger partial charge < -0.3 is 0 Å². The lowest BCUT2D eigenvalue weighted by atomic mass is 10.0. The van der Waals surface area contributed by atoms with Crippen LogP contribution in [0.15, 0.2) is 18.2 Å². The van der Waals surface area contributed by atoms with Crippen molar-refractivity contribution < 1.29 is 8.78 Å². The van der Waals surface area contributed by atoms with E-state index in [1.54, 1.807) is 0 Å². The molecule has 1 nitrogen and oxygen atoms in total. The fraction of sp³-hybridized carbons (Fsp3) is 0.455. The van der Waals surface area contributed by atoms with Crippen molar-refractivity contribution in [3.63, 3.8) is 0 Å². The van der Waals surface area contributed by atoms with Gasteiger partial charge in [-0.3, -0.25) is 4.72 Å². The van der Waals surface area contributed by atoms with Gasteiger partial charge in [-0.1, -0.05) is 32.6 Å². The summed E-state index contributed by atoms with van der Waals surface area (Å²) in [5.41, 5.74) is 0.346. The van der Waals surface area contributed by atoms with E-state index in [9.17, 15) is 8.78 Å². The highest BCUT2D eigenvalue weighted by Gasteiger charge is 2.14. The minimum Gasteiger partial charge on any atom is -0.259 e. The Morgan fingerprint density at radius 1 is 1.40 bits per heavy atom. The standard InChI is InChI=1S/C11H15F2NS/c1-2-3-4-11(14-15)9-7-8(12)5-6-10(9)13/h5-7,11,14-15H,2-4H2,1H3. The Morgan fingerprint density at radius 3 is 2.73 bits per heavy atom. The van der Waals surface area contributed by atoms with E-state index in [0.717, 1.165) is 31.4 Å². The van der Waals surface area contributed by atoms with Crippen LogP contribution in [0, 0.1) is 11.6 Å². The highest BCUT2D eigenvalue weighted by atomic mass is 32.1. The molecule has 0 saturated carbocycles. The van der Waals surface area contributed by atoms with E-state index in [-0.39, 0.29) is 11.9 Å². The molecular weight excluding hydrogens is 216 g/mol. The van der Waals surface area contributed by atoms with Crippen LogP contribution in [0.1, 0.15) is 37.8 Å². The molecule has 0 saturated heterocycles. The summed E-state index contributed by atoms with van der Waals surface area (Å²) in [4.78, 5) is 0. The molecule has 0 aliphatic heterocycles. The highest BCUT2D eigenvalue weighted by molar-refractivity contribution is 7.78. The number of nitrogens with one attached hydrogen (secondary N) is 1. The summed E-state index contributed by atoms with van der Waals surface area (Å²) >= 11 is 3.94.